The average molecular weight is 847 g/mol. The van der Waals surface area contributed by atoms with E-state index in [0.717, 1.165) is 56.9 Å². The van der Waals surface area contributed by atoms with Gasteiger partial charge in [0.15, 0.2) is 0 Å². The zero-order valence-corrected chi connectivity index (χ0v) is 38.3. The summed E-state index contributed by atoms with van der Waals surface area (Å²) in [6, 6.07) is 3.43. The van der Waals surface area contributed by atoms with Gasteiger partial charge >= 0.3 is 15.4 Å². The van der Waals surface area contributed by atoms with Crippen LogP contribution in [0.2, 0.25) is 0 Å². The lowest BCUT2D eigenvalue weighted by molar-refractivity contribution is 0.0732. The summed E-state index contributed by atoms with van der Waals surface area (Å²) < 4.78 is 58.8. The highest BCUT2D eigenvalue weighted by atomic mass is 31.2. The first kappa shape index (κ1) is 49.5. The molecule has 1 aromatic carbocycles. The maximum atomic E-state index is 14.6. The Bertz CT molecular complexity index is 1680. The number of anilines is 1. The fraction of sp³-hybridized carbons (Fsp3) is 0.622. The van der Waals surface area contributed by atoms with Crippen LogP contribution >= 0.6 is 15.4 Å². The van der Waals surface area contributed by atoms with E-state index in [9.17, 15) is 19.0 Å². The second-order valence-electron chi connectivity index (χ2n) is 15.6. The molecule has 1 heterocycles. The van der Waals surface area contributed by atoms with Crippen molar-refractivity contribution < 1.29 is 41.6 Å². The molecule has 326 valence electrons. The van der Waals surface area contributed by atoms with Gasteiger partial charge in [0.05, 0.1) is 55.9 Å². The largest absolute Gasteiger partial charge is 0.530 e. The molecule has 2 atom stereocenters. The van der Waals surface area contributed by atoms with Crippen molar-refractivity contribution in [1.29, 1.82) is 0 Å². The van der Waals surface area contributed by atoms with E-state index in [-0.39, 0.29) is 62.2 Å². The minimum atomic E-state index is -4.12. The fourth-order valence-electron chi connectivity index (χ4n) is 6.48. The Labute approximate surface area is 349 Å². The Morgan fingerprint density at radius 3 is 1.91 bits per heavy atom. The molecule has 2 N–H and O–H groups in total. The van der Waals surface area contributed by atoms with Gasteiger partial charge in [0.25, 0.3) is 5.91 Å². The summed E-state index contributed by atoms with van der Waals surface area (Å²) in [6.07, 6.45) is 19.7. The number of hydrogen-bond donors (Lipinski definition) is 2. The van der Waals surface area contributed by atoms with E-state index >= 15 is 0 Å². The van der Waals surface area contributed by atoms with Crippen LogP contribution in [0.15, 0.2) is 76.6 Å². The lowest BCUT2D eigenvalue weighted by Crippen LogP contribution is -2.49. The SMILES string of the molecule is CCCCOP(=O)(CC1=CC(OP(=O)(OCCCC)OCCCC)=CC2C1Nc1c(O)cccc1C(=O)N2C/C=C(\C)CC/C=C(\C)CCC=C(C)C)OCCCC. The van der Waals surface area contributed by atoms with Crippen molar-refractivity contribution in [3.05, 3.63) is 82.2 Å². The molecular formula is C45H72N2O9P2. The first-order chi connectivity index (χ1) is 27.8. The van der Waals surface area contributed by atoms with Crippen molar-refractivity contribution in [2.24, 2.45) is 0 Å². The number of benzene rings is 1. The molecule has 58 heavy (non-hydrogen) atoms. The van der Waals surface area contributed by atoms with Crippen LogP contribution < -0.4 is 5.32 Å². The third kappa shape index (κ3) is 16.3. The highest BCUT2D eigenvalue weighted by Crippen LogP contribution is 2.55. The number of carbonyl (C=O) groups is 1. The third-order valence-electron chi connectivity index (χ3n) is 10.0. The molecule has 0 bridgehead atoms. The van der Waals surface area contributed by atoms with Crippen LogP contribution in [0.1, 0.15) is 143 Å². The van der Waals surface area contributed by atoms with Crippen LogP contribution in [0.4, 0.5) is 5.69 Å². The van der Waals surface area contributed by atoms with Gasteiger partial charge in [-0.25, -0.2) is 4.57 Å². The zero-order chi connectivity index (χ0) is 42.6. The second kappa shape index (κ2) is 25.7. The van der Waals surface area contributed by atoms with E-state index in [4.69, 9.17) is 22.6 Å². The number of nitrogens with one attached hydrogen (secondary N) is 1. The number of nitrogens with zero attached hydrogens (tertiary/aromatic N) is 1. The molecular weight excluding hydrogens is 774 g/mol. The number of phosphoric ester groups is 1. The van der Waals surface area contributed by atoms with Gasteiger partial charge in [-0.1, -0.05) is 94.4 Å². The lowest BCUT2D eigenvalue weighted by atomic mass is 9.93. The van der Waals surface area contributed by atoms with Crippen LogP contribution in [-0.4, -0.2) is 67.1 Å². The topological polar surface area (TPSA) is 133 Å². The first-order valence-electron chi connectivity index (χ1n) is 21.5. The summed E-state index contributed by atoms with van der Waals surface area (Å²) in [5, 5.41) is 14.6. The average Bonchev–Trinajstić information content (AvgIpc) is 3.28. The normalized spacial score (nSPS) is 17.5. The smallest absolute Gasteiger partial charge is 0.506 e. The van der Waals surface area contributed by atoms with Gasteiger partial charge in [-0.2, -0.15) is 0 Å². The molecule has 0 fully saturated rings. The Morgan fingerprint density at radius 2 is 1.34 bits per heavy atom. The molecule has 1 aliphatic carbocycles. The third-order valence-corrected chi connectivity index (χ3v) is 13.4. The maximum Gasteiger partial charge on any atom is 0.530 e. The Balaban J connectivity index is 2.12. The molecule has 1 aliphatic heterocycles. The second-order valence-corrected chi connectivity index (χ2v) is 19.2. The van der Waals surface area contributed by atoms with Crippen LogP contribution in [0, 0.1) is 0 Å². The van der Waals surface area contributed by atoms with Gasteiger partial charge in [-0.05, 0) is 109 Å². The predicted molar refractivity (Wildman–Crippen MR) is 237 cm³/mol. The molecule has 3 rings (SSSR count). The van der Waals surface area contributed by atoms with Crippen molar-refractivity contribution in [2.75, 3.05) is 44.5 Å². The van der Waals surface area contributed by atoms with E-state index in [1.165, 1.54) is 17.2 Å². The molecule has 13 heteroatoms. The molecule has 0 saturated heterocycles. The number of unbranched alkanes of at least 4 members (excludes halogenated alkanes) is 4. The predicted octanol–water partition coefficient (Wildman–Crippen LogP) is 12.8. The number of phenols is 1. The summed E-state index contributed by atoms with van der Waals surface area (Å²) in [4.78, 5) is 16.3. The van der Waals surface area contributed by atoms with Gasteiger partial charge in [0.2, 0.25) is 0 Å². The Hall–Kier alpha value is -2.91. The maximum absolute atomic E-state index is 14.6. The molecule has 11 nitrogen and oxygen atoms in total. The fourth-order valence-corrected chi connectivity index (χ4v) is 9.54. The number of phosphoric acid groups is 1. The van der Waals surface area contributed by atoms with E-state index in [1.54, 1.807) is 29.2 Å². The number of rotatable bonds is 28. The zero-order valence-electron chi connectivity index (χ0n) is 36.6. The van der Waals surface area contributed by atoms with Crippen LogP contribution in [-0.2, 0) is 31.7 Å². The highest BCUT2D eigenvalue weighted by Gasteiger charge is 2.43. The van der Waals surface area contributed by atoms with Crippen LogP contribution in [0.25, 0.3) is 0 Å². The Morgan fingerprint density at radius 1 is 0.793 bits per heavy atom. The molecule has 2 unspecified atom stereocenters. The van der Waals surface area contributed by atoms with Gasteiger partial charge in [0, 0.05) is 6.54 Å². The summed E-state index contributed by atoms with van der Waals surface area (Å²) in [5.41, 5.74) is 4.90. The number of allylic oxidation sites excluding steroid dienone is 6. The van der Waals surface area contributed by atoms with Gasteiger partial charge < -0.3 is 28.9 Å². The van der Waals surface area contributed by atoms with Crippen molar-refractivity contribution in [1.82, 2.24) is 4.90 Å². The molecule has 1 amide bonds. The summed E-state index contributed by atoms with van der Waals surface area (Å²) >= 11 is 0. The molecule has 0 saturated carbocycles. The van der Waals surface area contributed by atoms with Gasteiger partial charge in [0.1, 0.15) is 11.5 Å². The van der Waals surface area contributed by atoms with E-state index in [2.05, 4.69) is 51.2 Å². The molecule has 2 aliphatic rings. The van der Waals surface area contributed by atoms with Crippen LogP contribution in [0.5, 0.6) is 5.75 Å². The highest BCUT2D eigenvalue weighted by molar-refractivity contribution is 7.54. The summed E-state index contributed by atoms with van der Waals surface area (Å²) in [7, 11) is -7.87. The number of carbonyl (C=O) groups excluding carboxylic acids is 1. The monoisotopic (exact) mass is 846 g/mol. The van der Waals surface area contributed by atoms with Crippen molar-refractivity contribution in [2.45, 2.75) is 145 Å². The quantitative estimate of drug-likeness (QED) is 0.0363. The van der Waals surface area contributed by atoms with Crippen LogP contribution in [0.3, 0.4) is 0 Å². The molecule has 0 radical (unpaired) electrons. The summed E-state index contributed by atoms with van der Waals surface area (Å²) in [5.74, 6) is -0.245. The number of para-hydroxylation sites is 1. The number of amides is 1. The molecule has 1 aromatic rings. The lowest BCUT2D eigenvalue weighted by Gasteiger charge is -2.38. The number of hydrogen-bond acceptors (Lipinski definition) is 10. The number of phenolic OH excluding ortho intramolecular Hbond substituents is 1. The van der Waals surface area contributed by atoms with E-state index in [1.807, 2.05) is 27.7 Å². The van der Waals surface area contributed by atoms with Gasteiger partial charge in [-0.3, -0.25) is 18.4 Å². The van der Waals surface area contributed by atoms with Gasteiger partial charge in [-0.15, -0.1) is 0 Å². The Kier molecular flexibility index (Phi) is 21.9. The molecule has 0 aromatic heterocycles. The number of fused-ring (bicyclic) bond motifs is 2. The van der Waals surface area contributed by atoms with Crippen molar-refractivity contribution >= 4 is 27.0 Å². The van der Waals surface area contributed by atoms with Crippen molar-refractivity contribution in [3.63, 3.8) is 0 Å². The standard InChI is InChI=1S/C45H72N2O9P2/c1-9-13-28-52-57(50,53-29-14-10-2)34-38-32-39(56-58(51,54-30-15-11-3)55-31-16-12-4)33-41-43(38)46-44-40(24-19-25-42(44)48)45(49)47(41)27-26-37(8)23-18-22-36(7)21-17-20-35(5)6/h19-20,22,24-26,32-33,41,43,46,48H,9-18,21,23,27-31,34H2,1-8H3/b36-22+,37-26+. The first-order valence-corrected chi connectivity index (χ1v) is 24.7. The minimum Gasteiger partial charge on any atom is -0.506 e. The van der Waals surface area contributed by atoms with E-state index < -0.39 is 27.5 Å². The van der Waals surface area contributed by atoms with E-state index in [0.29, 0.717) is 36.8 Å². The minimum absolute atomic E-state index is 0.0879. The van der Waals surface area contributed by atoms with Crippen molar-refractivity contribution in [3.8, 4) is 5.75 Å². The number of aromatic hydroxyl groups is 1. The molecule has 0 spiro atoms. The summed E-state index contributed by atoms with van der Waals surface area (Å²) in [6.45, 7) is 17.6.